The van der Waals surface area contributed by atoms with E-state index in [1.165, 1.54) is 0 Å². The lowest BCUT2D eigenvalue weighted by molar-refractivity contribution is -0.118. The van der Waals surface area contributed by atoms with Crippen molar-refractivity contribution in [2.75, 3.05) is 6.54 Å². The van der Waals surface area contributed by atoms with Gasteiger partial charge in [-0.1, -0.05) is 18.5 Å². The number of halogens is 1. The summed E-state index contributed by atoms with van der Waals surface area (Å²) in [5.41, 5.74) is 7.08. The lowest BCUT2D eigenvalue weighted by Gasteiger charge is -2.09. The molecule has 1 atom stereocenters. The first-order valence-corrected chi connectivity index (χ1v) is 6.73. The zero-order chi connectivity index (χ0) is 13.7. The Morgan fingerprint density at radius 3 is 2.67 bits per heavy atom. The highest BCUT2D eigenvalue weighted by atomic mass is 35.5. The monoisotopic (exact) mass is 271 g/mol. The van der Waals surface area contributed by atoms with Crippen molar-refractivity contribution in [3.8, 4) is 0 Å². The van der Waals surface area contributed by atoms with Gasteiger partial charge in [-0.3, -0.25) is 9.48 Å². The predicted octanol–water partition coefficient (Wildman–Crippen LogP) is 2.26. The van der Waals surface area contributed by atoms with Gasteiger partial charge in [0.2, 0.25) is 0 Å². The van der Waals surface area contributed by atoms with E-state index in [-0.39, 0.29) is 5.78 Å². The Balaban J connectivity index is 2.50. The predicted molar refractivity (Wildman–Crippen MR) is 73.7 cm³/mol. The average Bonchev–Trinajstić information content (AvgIpc) is 2.54. The standard InChI is InChI=1S/C13H22ClN3O/c1-9(6-7-15)4-5-11(18)8-12-13(14)10(2)16-17(12)3/h9H,4-8,15H2,1-3H3. The third kappa shape index (κ3) is 4.10. The molecule has 2 N–H and O–H groups in total. The molecule has 0 saturated carbocycles. The first-order chi connectivity index (χ1) is 8.45. The van der Waals surface area contributed by atoms with Crippen LogP contribution in [0.2, 0.25) is 5.02 Å². The summed E-state index contributed by atoms with van der Waals surface area (Å²) in [6.07, 6.45) is 2.82. The van der Waals surface area contributed by atoms with E-state index in [4.69, 9.17) is 17.3 Å². The van der Waals surface area contributed by atoms with Gasteiger partial charge in [0.25, 0.3) is 0 Å². The summed E-state index contributed by atoms with van der Waals surface area (Å²) < 4.78 is 1.69. The molecule has 0 bridgehead atoms. The summed E-state index contributed by atoms with van der Waals surface area (Å²) in [4.78, 5) is 11.9. The highest BCUT2D eigenvalue weighted by Gasteiger charge is 2.15. The second-order valence-corrected chi connectivity index (χ2v) is 5.28. The van der Waals surface area contributed by atoms with Crippen LogP contribution in [0.4, 0.5) is 0 Å². The van der Waals surface area contributed by atoms with E-state index in [2.05, 4.69) is 12.0 Å². The van der Waals surface area contributed by atoms with Crippen molar-refractivity contribution in [3.63, 3.8) is 0 Å². The minimum absolute atomic E-state index is 0.212. The van der Waals surface area contributed by atoms with E-state index in [1.807, 2.05) is 14.0 Å². The number of ketones is 1. The Kier molecular flexibility index (Phi) is 5.82. The number of aromatic nitrogens is 2. The van der Waals surface area contributed by atoms with Crippen molar-refractivity contribution >= 4 is 17.4 Å². The van der Waals surface area contributed by atoms with Gasteiger partial charge in [0.15, 0.2) is 0 Å². The quantitative estimate of drug-likeness (QED) is 0.827. The smallest absolute Gasteiger partial charge is 0.138 e. The van der Waals surface area contributed by atoms with Gasteiger partial charge in [-0.05, 0) is 32.2 Å². The zero-order valence-electron chi connectivity index (χ0n) is 11.4. The molecular weight excluding hydrogens is 250 g/mol. The molecule has 18 heavy (non-hydrogen) atoms. The second-order valence-electron chi connectivity index (χ2n) is 4.91. The number of carbonyl (C=O) groups excluding carboxylic acids is 1. The number of hydrogen-bond acceptors (Lipinski definition) is 3. The molecule has 1 aromatic rings. The molecule has 0 radical (unpaired) electrons. The fourth-order valence-corrected chi connectivity index (χ4v) is 2.21. The molecule has 5 heteroatoms. The Hall–Kier alpha value is -0.870. The van der Waals surface area contributed by atoms with Crippen LogP contribution in [0.3, 0.4) is 0 Å². The van der Waals surface area contributed by atoms with E-state index >= 15 is 0 Å². The van der Waals surface area contributed by atoms with Gasteiger partial charge in [-0.15, -0.1) is 0 Å². The van der Waals surface area contributed by atoms with Gasteiger partial charge in [0.05, 0.1) is 16.4 Å². The highest BCUT2D eigenvalue weighted by Crippen LogP contribution is 2.21. The highest BCUT2D eigenvalue weighted by molar-refractivity contribution is 6.32. The first kappa shape index (κ1) is 15.2. The molecule has 4 nitrogen and oxygen atoms in total. The molecule has 0 fully saturated rings. The molecule has 1 aromatic heterocycles. The molecule has 102 valence electrons. The molecule has 1 heterocycles. The first-order valence-electron chi connectivity index (χ1n) is 6.35. The van der Waals surface area contributed by atoms with Crippen molar-refractivity contribution in [2.45, 2.75) is 39.5 Å². The molecule has 0 aliphatic heterocycles. The van der Waals surface area contributed by atoms with E-state index in [0.29, 0.717) is 30.3 Å². The fourth-order valence-electron chi connectivity index (χ4n) is 1.98. The van der Waals surface area contributed by atoms with Crippen molar-refractivity contribution < 1.29 is 4.79 Å². The van der Waals surface area contributed by atoms with Crippen LogP contribution in [0.5, 0.6) is 0 Å². The summed E-state index contributed by atoms with van der Waals surface area (Å²) in [6, 6.07) is 0. The Labute approximate surface area is 113 Å². The molecule has 0 aliphatic rings. The summed E-state index contributed by atoms with van der Waals surface area (Å²) in [6.45, 7) is 4.66. The Morgan fingerprint density at radius 1 is 1.50 bits per heavy atom. The summed E-state index contributed by atoms with van der Waals surface area (Å²) in [5, 5.41) is 4.82. The number of aryl methyl sites for hydroxylation is 2. The van der Waals surface area contributed by atoms with Gasteiger partial charge in [0, 0.05) is 19.9 Å². The van der Waals surface area contributed by atoms with Crippen LogP contribution in [-0.4, -0.2) is 22.1 Å². The normalized spacial score (nSPS) is 12.7. The maximum atomic E-state index is 11.9. The maximum Gasteiger partial charge on any atom is 0.138 e. The third-order valence-electron chi connectivity index (χ3n) is 3.20. The fraction of sp³-hybridized carbons (Fsp3) is 0.692. The minimum atomic E-state index is 0.212. The molecule has 0 aliphatic carbocycles. The van der Waals surface area contributed by atoms with E-state index < -0.39 is 0 Å². The summed E-state index contributed by atoms with van der Waals surface area (Å²) in [5.74, 6) is 0.714. The number of Topliss-reactive ketones (excluding diaryl/α,β-unsaturated/α-hetero) is 1. The molecule has 1 unspecified atom stereocenters. The molecule has 0 spiro atoms. The molecule has 0 amide bonds. The zero-order valence-corrected chi connectivity index (χ0v) is 12.1. The van der Waals surface area contributed by atoms with E-state index in [1.54, 1.807) is 4.68 Å². The van der Waals surface area contributed by atoms with Crippen molar-refractivity contribution in [3.05, 3.63) is 16.4 Å². The van der Waals surface area contributed by atoms with Crippen molar-refractivity contribution in [1.82, 2.24) is 9.78 Å². The Morgan fingerprint density at radius 2 is 2.17 bits per heavy atom. The van der Waals surface area contributed by atoms with Gasteiger partial charge in [-0.25, -0.2) is 0 Å². The van der Waals surface area contributed by atoms with Crippen LogP contribution in [0, 0.1) is 12.8 Å². The van der Waals surface area contributed by atoms with Gasteiger partial charge in [0.1, 0.15) is 5.78 Å². The van der Waals surface area contributed by atoms with Crippen molar-refractivity contribution in [1.29, 1.82) is 0 Å². The lowest BCUT2D eigenvalue weighted by atomic mass is 9.99. The van der Waals surface area contributed by atoms with Gasteiger partial charge in [-0.2, -0.15) is 5.10 Å². The molecular formula is C13H22ClN3O. The summed E-state index contributed by atoms with van der Waals surface area (Å²) >= 11 is 6.12. The SMILES string of the molecule is Cc1nn(C)c(CC(=O)CCC(C)CCN)c1Cl. The average molecular weight is 272 g/mol. The van der Waals surface area contributed by atoms with Gasteiger partial charge >= 0.3 is 0 Å². The molecule has 1 rings (SSSR count). The van der Waals surface area contributed by atoms with E-state index in [0.717, 1.165) is 24.2 Å². The van der Waals surface area contributed by atoms with E-state index in [9.17, 15) is 4.79 Å². The number of hydrogen-bond donors (Lipinski definition) is 1. The van der Waals surface area contributed by atoms with Crippen LogP contribution in [-0.2, 0) is 18.3 Å². The van der Waals surface area contributed by atoms with Crippen LogP contribution in [0.25, 0.3) is 0 Å². The lowest BCUT2D eigenvalue weighted by Crippen LogP contribution is -2.11. The Bertz CT molecular complexity index is 415. The summed E-state index contributed by atoms with van der Waals surface area (Å²) in [7, 11) is 1.82. The number of nitrogens with two attached hydrogens (primary N) is 1. The van der Waals surface area contributed by atoms with Crippen LogP contribution in [0.1, 0.15) is 37.6 Å². The van der Waals surface area contributed by atoms with Crippen LogP contribution >= 0.6 is 11.6 Å². The maximum absolute atomic E-state index is 11.9. The molecule has 0 aromatic carbocycles. The largest absolute Gasteiger partial charge is 0.330 e. The number of rotatable bonds is 7. The second kappa shape index (κ2) is 6.90. The minimum Gasteiger partial charge on any atom is -0.330 e. The number of nitrogens with zero attached hydrogens (tertiary/aromatic N) is 2. The topological polar surface area (TPSA) is 60.9 Å². The van der Waals surface area contributed by atoms with Crippen LogP contribution < -0.4 is 5.73 Å². The molecule has 0 saturated heterocycles. The van der Waals surface area contributed by atoms with Crippen LogP contribution in [0.15, 0.2) is 0 Å². The van der Waals surface area contributed by atoms with Gasteiger partial charge < -0.3 is 5.73 Å². The van der Waals surface area contributed by atoms with Crippen molar-refractivity contribution in [2.24, 2.45) is 18.7 Å². The number of carbonyl (C=O) groups is 1. The third-order valence-corrected chi connectivity index (χ3v) is 3.69.